The number of likely N-dealkylation sites (N-methyl/N-ethyl adjacent to an activating group) is 1. The summed E-state index contributed by atoms with van der Waals surface area (Å²) in [6, 6.07) is 7.00. The van der Waals surface area contributed by atoms with Gasteiger partial charge < -0.3 is 10.0 Å². The number of carboxylic acid groups (broad SMARTS) is 1. The van der Waals surface area contributed by atoms with Crippen LogP contribution in [-0.2, 0) is 15.1 Å². The maximum atomic E-state index is 11.7. The fourth-order valence-electron chi connectivity index (χ4n) is 2.05. The van der Waals surface area contributed by atoms with Crippen LogP contribution in [0.25, 0.3) is 0 Å². The van der Waals surface area contributed by atoms with Crippen molar-refractivity contribution >= 4 is 27.8 Å². The van der Waals surface area contributed by atoms with E-state index in [9.17, 15) is 14.7 Å². The smallest absolute Gasteiger partial charge is 0.334 e. The maximum absolute atomic E-state index is 11.7. The number of hydrogen-bond acceptors (Lipinski definition) is 2. The first-order valence-electron chi connectivity index (χ1n) is 5.60. The van der Waals surface area contributed by atoms with Crippen molar-refractivity contribution in [2.75, 3.05) is 7.05 Å². The number of nitrogens with zero attached hydrogens (tertiary/aromatic N) is 1. The summed E-state index contributed by atoms with van der Waals surface area (Å²) >= 11 is 3.31. The fourth-order valence-corrected chi connectivity index (χ4v) is 2.31. The molecule has 0 spiro atoms. The molecule has 1 aromatic rings. The van der Waals surface area contributed by atoms with E-state index in [0.717, 1.165) is 4.47 Å². The lowest BCUT2D eigenvalue weighted by molar-refractivity contribution is -0.158. The quantitative estimate of drug-likeness (QED) is 0.929. The molecule has 0 heterocycles. The van der Waals surface area contributed by atoms with Crippen LogP contribution >= 0.6 is 15.9 Å². The molecule has 0 aliphatic rings. The van der Waals surface area contributed by atoms with E-state index in [4.69, 9.17) is 0 Å². The molecule has 1 aromatic carbocycles. The van der Waals surface area contributed by atoms with E-state index in [0.29, 0.717) is 12.0 Å². The zero-order valence-corrected chi connectivity index (χ0v) is 12.2. The number of carbonyl (C=O) groups excluding carboxylic acids is 1. The Balaban J connectivity index is 3.40. The molecule has 4 nitrogen and oxygen atoms in total. The summed E-state index contributed by atoms with van der Waals surface area (Å²) in [4.78, 5) is 24.5. The van der Waals surface area contributed by atoms with E-state index in [1.165, 1.54) is 18.9 Å². The van der Waals surface area contributed by atoms with Gasteiger partial charge in [-0.25, -0.2) is 4.79 Å². The summed E-state index contributed by atoms with van der Waals surface area (Å²) in [6.45, 7) is 3.13. The van der Waals surface area contributed by atoms with Gasteiger partial charge in [0.25, 0.3) is 0 Å². The van der Waals surface area contributed by atoms with Crippen LogP contribution in [0.4, 0.5) is 0 Å². The highest BCUT2D eigenvalue weighted by atomic mass is 79.9. The van der Waals surface area contributed by atoms with Gasteiger partial charge in [0.2, 0.25) is 5.91 Å². The minimum Gasteiger partial charge on any atom is -0.479 e. The molecule has 5 heteroatoms. The molecule has 1 amide bonds. The van der Waals surface area contributed by atoms with Crippen molar-refractivity contribution in [2.24, 2.45) is 0 Å². The monoisotopic (exact) mass is 313 g/mol. The van der Waals surface area contributed by atoms with E-state index < -0.39 is 11.5 Å². The summed E-state index contributed by atoms with van der Waals surface area (Å²) < 4.78 is 0.868. The van der Waals surface area contributed by atoms with E-state index in [2.05, 4.69) is 15.9 Å². The SMILES string of the molecule is CCC(C(=O)O)(c1ccc(Br)cc1)N(C)C(C)=O. The molecule has 98 valence electrons. The van der Waals surface area contributed by atoms with Gasteiger partial charge in [-0.05, 0) is 24.1 Å². The van der Waals surface area contributed by atoms with Crippen LogP contribution in [0.3, 0.4) is 0 Å². The lowest BCUT2D eigenvalue weighted by atomic mass is 9.85. The van der Waals surface area contributed by atoms with E-state index in [1.54, 1.807) is 31.2 Å². The van der Waals surface area contributed by atoms with Gasteiger partial charge in [0.15, 0.2) is 5.54 Å². The summed E-state index contributed by atoms with van der Waals surface area (Å²) in [7, 11) is 1.52. The molecule has 1 rings (SSSR count). The molecule has 0 bridgehead atoms. The number of benzene rings is 1. The largest absolute Gasteiger partial charge is 0.479 e. The number of hydrogen-bond donors (Lipinski definition) is 1. The van der Waals surface area contributed by atoms with Crippen molar-refractivity contribution < 1.29 is 14.7 Å². The van der Waals surface area contributed by atoms with Gasteiger partial charge in [-0.1, -0.05) is 35.0 Å². The fraction of sp³-hybridized carbons (Fsp3) is 0.385. The predicted octanol–water partition coefficient (Wildman–Crippen LogP) is 2.62. The first-order chi connectivity index (χ1) is 8.36. The molecule has 0 saturated heterocycles. The molecule has 1 N–H and O–H groups in total. The minimum atomic E-state index is -1.31. The number of carboxylic acids is 1. The van der Waals surface area contributed by atoms with E-state index in [1.807, 2.05) is 0 Å². The molecule has 0 aromatic heterocycles. The topological polar surface area (TPSA) is 57.6 Å². The Bertz CT molecular complexity index is 458. The van der Waals surface area contributed by atoms with Gasteiger partial charge in [0.1, 0.15) is 0 Å². The highest BCUT2D eigenvalue weighted by Gasteiger charge is 2.44. The number of amides is 1. The van der Waals surface area contributed by atoms with E-state index in [-0.39, 0.29) is 5.91 Å². The number of halogens is 1. The second kappa shape index (κ2) is 5.52. The molecule has 1 atom stereocenters. The summed E-state index contributed by atoms with van der Waals surface area (Å²) in [5, 5.41) is 9.56. The van der Waals surface area contributed by atoms with Crippen LogP contribution in [0.15, 0.2) is 28.7 Å². The van der Waals surface area contributed by atoms with Crippen LogP contribution in [0.5, 0.6) is 0 Å². The zero-order chi connectivity index (χ0) is 13.9. The number of carbonyl (C=O) groups is 2. The third-order valence-corrected chi connectivity index (χ3v) is 3.76. The van der Waals surface area contributed by atoms with Gasteiger partial charge >= 0.3 is 5.97 Å². The van der Waals surface area contributed by atoms with Crippen molar-refractivity contribution in [1.29, 1.82) is 0 Å². The number of aliphatic carboxylic acids is 1. The zero-order valence-electron chi connectivity index (χ0n) is 10.6. The Morgan fingerprint density at radius 3 is 2.17 bits per heavy atom. The van der Waals surface area contributed by atoms with Crippen LogP contribution in [0.2, 0.25) is 0 Å². The maximum Gasteiger partial charge on any atom is 0.334 e. The second-order valence-corrected chi connectivity index (χ2v) is 5.02. The number of rotatable bonds is 4. The normalized spacial score (nSPS) is 13.8. The standard InChI is InChI=1S/C13H16BrNO3/c1-4-13(12(17)18,15(3)9(2)16)10-5-7-11(14)8-6-10/h5-8H,4H2,1-3H3,(H,17,18). The van der Waals surface area contributed by atoms with Crippen molar-refractivity contribution in [3.63, 3.8) is 0 Å². The Labute approximate surface area is 115 Å². The van der Waals surface area contributed by atoms with Crippen LogP contribution in [0, 0.1) is 0 Å². The van der Waals surface area contributed by atoms with Gasteiger partial charge in [0, 0.05) is 18.4 Å². The Kier molecular flexibility index (Phi) is 4.51. The third-order valence-electron chi connectivity index (χ3n) is 3.23. The molecular weight excluding hydrogens is 298 g/mol. The van der Waals surface area contributed by atoms with Crippen molar-refractivity contribution in [3.05, 3.63) is 34.3 Å². The van der Waals surface area contributed by atoms with Crippen molar-refractivity contribution in [1.82, 2.24) is 4.90 Å². The minimum absolute atomic E-state index is 0.276. The highest BCUT2D eigenvalue weighted by molar-refractivity contribution is 9.10. The lowest BCUT2D eigenvalue weighted by Gasteiger charge is -2.37. The van der Waals surface area contributed by atoms with Gasteiger partial charge in [-0.2, -0.15) is 0 Å². The van der Waals surface area contributed by atoms with Gasteiger partial charge in [-0.15, -0.1) is 0 Å². The Morgan fingerprint density at radius 1 is 1.33 bits per heavy atom. The highest BCUT2D eigenvalue weighted by Crippen LogP contribution is 2.32. The Hall–Kier alpha value is -1.36. The summed E-state index contributed by atoms with van der Waals surface area (Å²) in [5.41, 5.74) is -0.717. The van der Waals surface area contributed by atoms with Crippen molar-refractivity contribution in [3.8, 4) is 0 Å². The van der Waals surface area contributed by atoms with Crippen molar-refractivity contribution in [2.45, 2.75) is 25.8 Å². The second-order valence-electron chi connectivity index (χ2n) is 4.10. The average Bonchev–Trinajstić information content (AvgIpc) is 2.32. The molecule has 18 heavy (non-hydrogen) atoms. The first-order valence-corrected chi connectivity index (χ1v) is 6.39. The predicted molar refractivity (Wildman–Crippen MR) is 72.2 cm³/mol. The first kappa shape index (κ1) is 14.7. The van der Waals surface area contributed by atoms with Crippen LogP contribution in [-0.4, -0.2) is 28.9 Å². The molecule has 0 saturated carbocycles. The molecule has 1 unspecified atom stereocenters. The van der Waals surface area contributed by atoms with Crippen LogP contribution in [0.1, 0.15) is 25.8 Å². The van der Waals surface area contributed by atoms with Gasteiger partial charge in [-0.3, -0.25) is 4.79 Å². The Morgan fingerprint density at radius 2 is 1.83 bits per heavy atom. The van der Waals surface area contributed by atoms with Crippen LogP contribution < -0.4 is 0 Å². The molecule has 0 aliphatic heterocycles. The molecule has 0 aliphatic carbocycles. The molecule has 0 fully saturated rings. The van der Waals surface area contributed by atoms with E-state index >= 15 is 0 Å². The molecule has 0 radical (unpaired) electrons. The average molecular weight is 314 g/mol. The lowest BCUT2D eigenvalue weighted by Crippen LogP contribution is -2.51. The summed E-state index contributed by atoms with van der Waals surface area (Å²) in [6.07, 6.45) is 0.306. The third kappa shape index (κ3) is 2.41. The van der Waals surface area contributed by atoms with Gasteiger partial charge in [0.05, 0.1) is 0 Å². The summed E-state index contributed by atoms with van der Waals surface area (Å²) in [5.74, 6) is -1.30. The molecular formula is C13H16BrNO3.